The molecule has 100 valence electrons. The van der Waals surface area contributed by atoms with Gasteiger partial charge in [-0.25, -0.2) is 0 Å². The van der Waals surface area contributed by atoms with Gasteiger partial charge in [-0.2, -0.15) is 5.06 Å². The smallest absolute Gasteiger partial charge is 0.137 e. The summed E-state index contributed by atoms with van der Waals surface area (Å²) in [6.07, 6.45) is -0.154. The SMILES string of the molecule is CC1CC(N=[N+]=[N-])N(O)C(c2ccccc2)CC1=O. The number of Topliss-reactive ketones (excluding diaryl/α,β-unsaturated/α-hetero) is 1. The molecule has 0 aliphatic carbocycles. The fourth-order valence-electron chi connectivity index (χ4n) is 2.35. The van der Waals surface area contributed by atoms with Crippen molar-refractivity contribution in [1.82, 2.24) is 5.06 Å². The number of hydrogen-bond donors (Lipinski definition) is 1. The van der Waals surface area contributed by atoms with E-state index in [1.165, 1.54) is 0 Å². The van der Waals surface area contributed by atoms with Crippen LogP contribution in [0.5, 0.6) is 0 Å². The lowest BCUT2D eigenvalue weighted by Gasteiger charge is -2.27. The van der Waals surface area contributed by atoms with Crippen molar-refractivity contribution in [2.24, 2.45) is 11.0 Å². The Morgan fingerprint density at radius 3 is 2.74 bits per heavy atom. The van der Waals surface area contributed by atoms with Gasteiger partial charge in [0.05, 0.1) is 6.04 Å². The molecular formula is C13H16N4O2. The molecule has 1 aliphatic rings. The van der Waals surface area contributed by atoms with Crippen LogP contribution in [0.2, 0.25) is 0 Å². The molecule has 1 aliphatic heterocycles. The Morgan fingerprint density at radius 2 is 2.11 bits per heavy atom. The Hall–Kier alpha value is -1.88. The number of carbonyl (C=O) groups excluding carboxylic acids is 1. The molecule has 0 amide bonds. The van der Waals surface area contributed by atoms with E-state index in [1.807, 2.05) is 30.3 Å². The number of hydroxylamine groups is 2. The van der Waals surface area contributed by atoms with Crippen LogP contribution >= 0.6 is 0 Å². The molecule has 3 atom stereocenters. The lowest BCUT2D eigenvalue weighted by Crippen LogP contribution is -2.33. The molecule has 0 spiro atoms. The number of carbonyl (C=O) groups is 1. The first kappa shape index (κ1) is 13.5. The van der Waals surface area contributed by atoms with Gasteiger partial charge in [0.1, 0.15) is 11.9 Å². The second-order valence-corrected chi connectivity index (χ2v) is 4.80. The lowest BCUT2D eigenvalue weighted by molar-refractivity contribution is -0.160. The predicted octanol–water partition coefficient (Wildman–Crippen LogP) is 3.05. The van der Waals surface area contributed by atoms with E-state index in [1.54, 1.807) is 6.92 Å². The van der Waals surface area contributed by atoms with Gasteiger partial charge in [-0.15, -0.1) is 0 Å². The van der Waals surface area contributed by atoms with Gasteiger partial charge in [-0.1, -0.05) is 42.4 Å². The van der Waals surface area contributed by atoms with E-state index in [0.29, 0.717) is 6.42 Å². The van der Waals surface area contributed by atoms with Crippen LogP contribution < -0.4 is 0 Å². The van der Waals surface area contributed by atoms with E-state index < -0.39 is 12.2 Å². The van der Waals surface area contributed by atoms with E-state index in [4.69, 9.17) is 5.53 Å². The highest BCUT2D eigenvalue weighted by atomic mass is 16.5. The molecule has 1 N–H and O–H groups in total. The van der Waals surface area contributed by atoms with Crippen molar-refractivity contribution < 1.29 is 10.0 Å². The first-order valence-corrected chi connectivity index (χ1v) is 6.22. The number of rotatable bonds is 2. The lowest BCUT2D eigenvalue weighted by atomic mass is 9.96. The summed E-state index contributed by atoms with van der Waals surface area (Å²) in [5, 5.41) is 14.8. The third-order valence-corrected chi connectivity index (χ3v) is 3.50. The zero-order chi connectivity index (χ0) is 13.8. The Kier molecular flexibility index (Phi) is 4.16. The first-order valence-electron chi connectivity index (χ1n) is 6.22. The third-order valence-electron chi connectivity index (χ3n) is 3.50. The Morgan fingerprint density at radius 1 is 1.42 bits per heavy atom. The summed E-state index contributed by atoms with van der Waals surface area (Å²) >= 11 is 0. The van der Waals surface area contributed by atoms with Crippen molar-refractivity contribution in [3.05, 3.63) is 46.3 Å². The third kappa shape index (κ3) is 2.93. The van der Waals surface area contributed by atoms with E-state index in [0.717, 1.165) is 10.6 Å². The number of hydrogen-bond acceptors (Lipinski definition) is 4. The van der Waals surface area contributed by atoms with Gasteiger partial charge >= 0.3 is 0 Å². The molecule has 1 aromatic carbocycles. The largest absolute Gasteiger partial charge is 0.313 e. The van der Waals surface area contributed by atoms with E-state index in [2.05, 4.69) is 10.0 Å². The number of azide groups is 1. The highest BCUT2D eigenvalue weighted by molar-refractivity contribution is 5.81. The van der Waals surface area contributed by atoms with E-state index in [-0.39, 0.29) is 18.1 Å². The summed E-state index contributed by atoms with van der Waals surface area (Å²) in [5.74, 6) is -0.151. The van der Waals surface area contributed by atoms with Crippen LogP contribution in [0.3, 0.4) is 0 Å². The molecule has 1 fully saturated rings. The van der Waals surface area contributed by atoms with Crippen molar-refractivity contribution in [1.29, 1.82) is 0 Å². The summed E-state index contributed by atoms with van der Waals surface area (Å²) in [4.78, 5) is 14.8. The number of nitrogens with zero attached hydrogens (tertiary/aromatic N) is 4. The summed E-state index contributed by atoms with van der Waals surface area (Å²) in [6.45, 7) is 1.80. The molecule has 6 nitrogen and oxygen atoms in total. The molecule has 6 heteroatoms. The van der Waals surface area contributed by atoms with Crippen molar-refractivity contribution in [3.63, 3.8) is 0 Å². The minimum Gasteiger partial charge on any atom is -0.313 e. The second kappa shape index (κ2) is 5.84. The fraction of sp³-hybridized carbons (Fsp3) is 0.462. The molecular weight excluding hydrogens is 244 g/mol. The van der Waals surface area contributed by atoms with Crippen LogP contribution in [0.25, 0.3) is 10.4 Å². The van der Waals surface area contributed by atoms with Crippen LogP contribution in [0.15, 0.2) is 35.4 Å². The molecule has 0 saturated carbocycles. The van der Waals surface area contributed by atoms with Gasteiger partial charge in [-0.3, -0.25) is 4.79 Å². The minimum atomic E-state index is -0.711. The van der Waals surface area contributed by atoms with Gasteiger partial charge in [0.2, 0.25) is 0 Å². The summed E-state index contributed by atoms with van der Waals surface area (Å²) in [5.41, 5.74) is 9.41. The first-order chi connectivity index (χ1) is 9.13. The highest BCUT2D eigenvalue weighted by Crippen LogP contribution is 2.32. The summed E-state index contributed by atoms with van der Waals surface area (Å²) in [6, 6.07) is 8.81. The molecule has 1 saturated heterocycles. The maximum atomic E-state index is 12.0. The average molecular weight is 260 g/mol. The van der Waals surface area contributed by atoms with Crippen molar-refractivity contribution in [2.45, 2.75) is 32.0 Å². The van der Waals surface area contributed by atoms with Gasteiger partial charge in [-0.05, 0) is 17.5 Å². The standard InChI is InChI=1S/C13H16N4O2/c1-9-7-13(15-16-14)17(19)11(8-12(9)18)10-5-3-2-4-6-10/h2-6,9,11,13,19H,7-8H2,1H3. The van der Waals surface area contributed by atoms with E-state index >= 15 is 0 Å². The fourth-order valence-corrected chi connectivity index (χ4v) is 2.35. The van der Waals surface area contributed by atoms with Crippen molar-refractivity contribution >= 4 is 5.78 Å². The van der Waals surface area contributed by atoms with Gasteiger partial charge in [0.25, 0.3) is 0 Å². The van der Waals surface area contributed by atoms with Gasteiger partial charge in [0.15, 0.2) is 0 Å². The van der Waals surface area contributed by atoms with Crippen LogP contribution in [0.4, 0.5) is 0 Å². The second-order valence-electron chi connectivity index (χ2n) is 4.80. The van der Waals surface area contributed by atoms with Gasteiger partial charge < -0.3 is 5.21 Å². The highest BCUT2D eigenvalue weighted by Gasteiger charge is 2.34. The maximum Gasteiger partial charge on any atom is 0.137 e. The van der Waals surface area contributed by atoms with Crippen molar-refractivity contribution in [2.75, 3.05) is 0 Å². The van der Waals surface area contributed by atoms with Crippen LogP contribution in [0.1, 0.15) is 31.4 Å². The van der Waals surface area contributed by atoms with Crippen LogP contribution in [0, 0.1) is 5.92 Å². The zero-order valence-corrected chi connectivity index (χ0v) is 10.7. The molecule has 19 heavy (non-hydrogen) atoms. The van der Waals surface area contributed by atoms with Crippen molar-refractivity contribution in [3.8, 4) is 0 Å². The molecule has 1 heterocycles. The molecule has 2 rings (SSSR count). The summed E-state index contributed by atoms with van der Waals surface area (Å²) in [7, 11) is 0. The van der Waals surface area contributed by atoms with Gasteiger partial charge in [0, 0.05) is 17.3 Å². The van der Waals surface area contributed by atoms with Crippen LogP contribution in [-0.4, -0.2) is 22.2 Å². The van der Waals surface area contributed by atoms with Crippen LogP contribution in [-0.2, 0) is 4.79 Å². The Bertz CT molecular complexity index is 499. The van der Waals surface area contributed by atoms with E-state index in [9.17, 15) is 10.0 Å². The Balaban J connectivity index is 2.35. The molecule has 0 aromatic heterocycles. The average Bonchev–Trinajstić information content (AvgIpc) is 2.53. The monoisotopic (exact) mass is 260 g/mol. The summed E-state index contributed by atoms with van der Waals surface area (Å²) < 4.78 is 0. The molecule has 0 bridgehead atoms. The Labute approximate surface area is 111 Å². The predicted molar refractivity (Wildman–Crippen MR) is 69.1 cm³/mol. The molecule has 0 radical (unpaired) electrons. The molecule has 3 unspecified atom stereocenters. The quantitative estimate of drug-likeness (QED) is 0.503. The minimum absolute atomic E-state index is 0.0727. The topological polar surface area (TPSA) is 89.3 Å². The number of ketones is 1. The normalized spacial score (nSPS) is 28.5. The number of benzene rings is 1. The maximum absolute atomic E-state index is 12.0. The molecule has 1 aromatic rings. The zero-order valence-electron chi connectivity index (χ0n) is 10.7.